The Kier molecular flexibility index (Phi) is 5.65. The first-order valence-corrected chi connectivity index (χ1v) is 9.56. The summed E-state index contributed by atoms with van der Waals surface area (Å²) in [5, 5.41) is 11.9. The molecule has 0 atom stereocenters. The van der Waals surface area contributed by atoms with Gasteiger partial charge in [-0.15, -0.1) is 11.3 Å². The summed E-state index contributed by atoms with van der Waals surface area (Å²) in [6.07, 6.45) is 1.60. The van der Waals surface area contributed by atoms with Crippen molar-refractivity contribution < 1.29 is 19.1 Å². The molecular weight excluding hydrogens is 396 g/mol. The molecule has 0 aliphatic carbocycles. The van der Waals surface area contributed by atoms with E-state index >= 15 is 0 Å². The van der Waals surface area contributed by atoms with E-state index in [2.05, 4.69) is 5.32 Å². The van der Waals surface area contributed by atoms with Gasteiger partial charge in [0.2, 0.25) is 0 Å². The first-order chi connectivity index (χ1) is 12.5. The summed E-state index contributed by atoms with van der Waals surface area (Å²) in [5.41, 5.74) is 0.599. The van der Waals surface area contributed by atoms with Crippen LogP contribution in [0.5, 0.6) is 11.5 Å². The van der Waals surface area contributed by atoms with Gasteiger partial charge in [0.05, 0.1) is 16.5 Å². The van der Waals surface area contributed by atoms with Crippen LogP contribution in [0.1, 0.15) is 22.2 Å². The fraction of sp³-hybridized carbons (Fsp3) is 0.118. The molecule has 6 nitrogen and oxygen atoms in total. The van der Waals surface area contributed by atoms with Gasteiger partial charge in [0.1, 0.15) is 4.88 Å². The quantitative estimate of drug-likeness (QED) is 0.440. The zero-order valence-electron chi connectivity index (χ0n) is 13.5. The average Bonchev–Trinajstić information content (AvgIpc) is 3.21. The Morgan fingerprint density at radius 3 is 2.85 bits per heavy atom. The van der Waals surface area contributed by atoms with Gasteiger partial charge < -0.3 is 14.8 Å². The maximum absolute atomic E-state index is 12.2. The highest BCUT2D eigenvalue weighted by Crippen LogP contribution is 2.38. The van der Waals surface area contributed by atoms with Gasteiger partial charge in [-0.3, -0.25) is 10.2 Å². The van der Waals surface area contributed by atoms with Crippen molar-refractivity contribution in [3.05, 3.63) is 50.0 Å². The minimum absolute atomic E-state index is 0.0684. The third-order valence-corrected chi connectivity index (χ3v) is 5.17. The summed E-state index contributed by atoms with van der Waals surface area (Å²) >= 11 is 8.58. The molecule has 0 spiro atoms. The highest BCUT2D eigenvalue weighted by molar-refractivity contribution is 8.18. The molecule has 0 unspecified atom stereocenters. The molecule has 0 saturated carbocycles. The zero-order valence-corrected chi connectivity index (χ0v) is 15.9. The van der Waals surface area contributed by atoms with Crippen molar-refractivity contribution in [2.75, 3.05) is 6.61 Å². The first-order valence-electron chi connectivity index (χ1n) is 7.49. The van der Waals surface area contributed by atoms with Crippen molar-refractivity contribution in [1.29, 1.82) is 5.41 Å². The molecule has 1 aromatic carbocycles. The number of thioether (sulfide) groups is 1. The van der Waals surface area contributed by atoms with Gasteiger partial charge in [0, 0.05) is 0 Å². The van der Waals surface area contributed by atoms with E-state index in [1.165, 1.54) is 11.3 Å². The summed E-state index contributed by atoms with van der Waals surface area (Å²) in [6, 6.07) is 6.62. The summed E-state index contributed by atoms with van der Waals surface area (Å²) < 4.78 is 11.0. The number of amidine groups is 1. The van der Waals surface area contributed by atoms with Crippen molar-refractivity contribution in [3.8, 4) is 11.5 Å². The van der Waals surface area contributed by atoms with Crippen LogP contribution in [0.3, 0.4) is 0 Å². The van der Waals surface area contributed by atoms with Crippen molar-refractivity contribution in [1.82, 2.24) is 5.32 Å². The number of amides is 1. The Morgan fingerprint density at radius 2 is 2.23 bits per heavy atom. The van der Waals surface area contributed by atoms with Crippen LogP contribution in [-0.2, 0) is 4.79 Å². The SMILES string of the molecule is CCOc1cc(/C=C2\SC(=N)NC2=O)cc(Cl)c1OC(=O)c1cccs1. The molecule has 1 saturated heterocycles. The number of rotatable bonds is 5. The topological polar surface area (TPSA) is 88.5 Å². The minimum atomic E-state index is -0.520. The van der Waals surface area contributed by atoms with Crippen molar-refractivity contribution in [3.63, 3.8) is 0 Å². The molecule has 0 radical (unpaired) electrons. The molecule has 2 heterocycles. The van der Waals surface area contributed by atoms with Crippen LogP contribution in [0.15, 0.2) is 34.6 Å². The number of benzene rings is 1. The molecule has 26 heavy (non-hydrogen) atoms. The lowest BCUT2D eigenvalue weighted by Crippen LogP contribution is -2.18. The van der Waals surface area contributed by atoms with Gasteiger partial charge in [-0.05, 0) is 53.9 Å². The lowest BCUT2D eigenvalue weighted by molar-refractivity contribution is -0.115. The summed E-state index contributed by atoms with van der Waals surface area (Å²) in [7, 11) is 0. The molecular formula is C17H13ClN2O4S2. The molecule has 2 aromatic rings. The standard InChI is InChI=1S/C17H13ClN2O4S2/c1-2-23-11-7-9(8-13-15(21)20-17(19)26-13)6-10(18)14(11)24-16(22)12-4-3-5-25-12/h3-8H,2H2,1H3,(H2,19,20,21)/b13-8-. The summed E-state index contributed by atoms with van der Waals surface area (Å²) in [6.45, 7) is 2.14. The molecule has 1 aliphatic heterocycles. The molecule has 2 N–H and O–H groups in total. The van der Waals surface area contributed by atoms with Gasteiger partial charge in [-0.25, -0.2) is 4.79 Å². The van der Waals surface area contributed by atoms with E-state index in [-0.39, 0.29) is 21.8 Å². The molecule has 1 amide bonds. The lowest BCUT2D eigenvalue weighted by Gasteiger charge is -2.13. The number of esters is 1. The van der Waals surface area contributed by atoms with Gasteiger partial charge >= 0.3 is 5.97 Å². The molecule has 3 rings (SSSR count). The minimum Gasteiger partial charge on any atom is -0.490 e. The Balaban J connectivity index is 1.93. The summed E-state index contributed by atoms with van der Waals surface area (Å²) in [4.78, 5) is 24.8. The number of carbonyl (C=O) groups is 2. The van der Waals surface area contributed by atoms with E-state index in [9.17, 15) is 9.59 Å². The maximum atomic E-state index is 12.2. The fourth-order valence-electron chi connectivity index (χ4n) is 2.16. The zero-order chi connectivity index (χ0) is 18.7. The van der Waals surface area contributed by atoms with E-state index in [0.29, 0.717) is 27.7 Å². The smallest absolute Gasteiger partial charge is 0.353 e. The van der Waals surface area contributed by atoms with E-state index < -0.39 is 5.97 Å². The molecule has 1 aromatic heterocycles. The number of carbonyl (C=O) groups excluding carboxylic acids is 2. The third-order valence-electron chi connectivity index (χ3n) is 3.21. The largest absolute Gasteiger partial charge is 0.490 e. The van der Waals surface area contributed by atoms with Gasteiger partial charge in [0.15, 0.2) is 16.7 Å². The monoisotopic (exact) mass is 408 g/mol. The van der Waals surface area contributed by atoms with Crippen LogP contribution in [0.2, 0.25) is 5.02 Å². The van der Waals surface area contributed by atoms with Crippen LogP contribution in [-0.4, -0.2) is 23.7 Å². The van der Waals surface area contributed by atoms with Crippen molar-refractivity contribution >= 4 is 57.8 Å². The normalized spacial score (nSPS) is 15.2. The number of thiophene rings is 1. The van der Waals surface area contributed by atoms with Gasteiger partial charge in [-0.2, -0.15) is 0 Å². The number of ether oxygens (including phenoxy) is 2. The van der Waals surface area contributed by atoms with Crippen molar-refractivity contribution in [2.24, 2.45) is 0 Å². The Labute approximate surface area is 162 Å². The second kappa shape index (κ2) is 7.94. The van der Waals surface area contributed by atoms with Crippen LogP contribution in [0.4, 0.5) is 0 Å². The van der Waals surface area contributed by atoms with E-state index in [0.717, 1.165) is 11.8 Å². The molecule has 1 fully saturated rings. The lowest BCUT2D eigenvalue weighted by atomic mass is 10.2. The molecule has 1 aliphatic rings. The Bertz CT molecular complexity index is 910. The highest BCUT2D eigenvalue weighted by atomic mass is 35.5. The van der Waals surface area contributed by atoms with Gasteiger partial charge in [0.25, 0.3) is 5.91 Å². The number of hydrogen-bond acceptors (Lipinski definition) is 7. The second-order valence-electron chi connectivity index (χ2n) is 5.02. The van der Waals surface area contributed by atoms with Gasteiger partial charge in [-0.1, -0.05) is 17.7 Å². The van der Waals surface area contributed by atoms with E-state index in [1.807, 2.05) is 0 Å². The maximum Gasteiger partial charge on any atom is 0.353 e. The first kappa shape index (κ1) is 18.5. The Morgan fingerprint density at radius 1 is 1.42 bits per heavy atom. The number of halogens is 1. The Hall–Kier alpha value is -2.29. The predicted molar refractivity (Wildman–Crippen MR) is 103 cm³/mol. The fourth-order valence-corrected chi connectivity index (χ4v) is 3.72. The third kappa shape index (κ3) is 4.09. The summed E-state index contributed by atoms with van der Waals surface area (Å²) in [5.74, 6) is -0.434. The van der Waals surface area contributed by atoms with E-state index in [1.54, 1.807) is 42.6 Å². The second-order valence-corrected chi connectivity index (χ2v) is 7.43. The molecule has 134 valence electrons. The highest BCUT2D eigenvalue weighted by Gasteiger charge is 2.23. The van der Waals surface area contributed by atoms with Crippen LogP contribution >= 0.6 is 34.7 Å². The average molecular weight is 409 g/mol. The van der Waals surface area contributed by atoms with Crippen LogP contribution < -0.4 is 14.8 Å². The van der Waals surface area contributed by atoms with Crippen LogP contribution in [0.25, 0.3) is 6.08 Å². The van der Waals surface area contributed by atoms with Crippen LogP contribution in [0, 0.1) is 5.41 Å². The van der Waals surface area contributed by atoms with E-state index in [4.69, 9.17) is 26.5 Å². The predicted octanol–water partition coefficient (Wildman–Crippen LogP) is 4.16. The molecule has 9 heteroatoms. The molecule has 0 bridgehead atoms. The number of nitrogens with one attached hydrogen (secondary N) is 2. The van der Waals surface area contributed by atoms with Crippen molar-refractivity contribution in [2.45, 2.75) is 6.92 Å². The number of hydrogen-bond donors (Lipinski definition) is 2.